The lowest BCUT2D eigenvalue weighted by Gasteiger charge is -2.07. The van der Waals surface area contributed by atoms with Crippen molar-refractivity contribution in [2.75, 3.05) is 25.1 Å². The summed E-state index contributed by atoms with van der Waals surface area (Å²) in [7, 11) is 0. The van der Waals surface area contributed by atoms with Crippen LogP contribution >= 0.6 is 0 Å². The molecule has 0 saturated heterocycles. The monoisotopic (exact) mass is 265 g/mol. The van der Waals surface area contributed by atoms with Crippen LogP contribution in [0.25, 0.3) is 0 Å². The second-order valence-electron chi connectivity index (χ2n) is 5.04. The molecule has 0 radical (unpaired) electrons. The maximum atomic E-state index is 11.5. The molecule has 1 saturated carbocycles. The number of nitrogens with zero attached hydrogens (tertiary/aromatic N) is 1. The second kappa shape index (κ2) is 7.28. The normalized spacial score (nSPS) is 14.6. The molecule has 0 aromatic carbocycles. The Kier molecular flexibility index (Phi) is 5.39. The van der Waals surface area contributed by atoms with Crippen molar-refractivity contribution >= 4 is 5.82 Å². The molecule has 2 rings (SSSR count). The number of H-pyrrole nitrogens is 1. The SMILES string of the molecule is CCCCOCCCNc1cc(=O)[nH]c(C2CC2)n1. The topological polar surface area (TPSA) is 67.0 Å². The van der Waals surface area contributed by atoms with E-state index in [0.717, 1.165) is 51.3 Å². The van der Waals surface area contributed by atoms with Gasteiger partial charge in [-0.25, -0.2) is 4.98 Å². The third-order valence-corrected chi connectivity index (χ3v) is 3.14. The Morgan fingerprint density at radius 1 is 1.42 bits per heavy atom. The molecule has 106 valence electrons. The molecule has 1 aliphatic rings. The molecule has 5 nitrogen and oxygen atoms in total. The van der Waals surface area contributed by atoms with E-state index >= 15 is 0 Å². The Balaban J connectivity index is 1.69. The van der Waals surface area contributed by atoms with Crippen molar-refractivity contribution in [3.63, 3.8) is 0 Å². The average molecular weight is 265 g/mol. The lowest BCUT2D eigenvalue weighted by Crippen LogP contribution is -2.14. The summed E-state index contributed by atoms with van der Waals surface area (Å²) in [5.74, 6) is 1.97. The lowest BCUT2D eigenvalue weighted by atomic mass is 10.3. The number of nitrogens with one attached hydrogen (secondary N) is 2. The fourth-order valence-electron chi connectivity index (χ4n) is 1.86. The minimum Gasteiger partial charge on any atom is -0.381 e. The number of unbranched alkanes of at least 4 members (excludes halogenated alkanes) is 1. The zero-order valence-corrected chi connectivity index (χ0v) is 11.6. The van der Waals surface area contributed by atoms with Gasteiger partial charge >= 0.3 is 0 Å². The smallest absolute Gasteiger partial charge is 0.252 e. The molecule has 1 aromatic heterocycles. The Hall–Kier alpha value is -1.36. The zero-order chi connectivity index (χ0) is 13.5. The van der Waals surface area contributed by atoms with Crippen LogP contribution in [0.15, 0.2) is 10.9 Å². The van der Waals surface area contributed by atoms with E-state index in [2.05, 4.69) is 22.2 Å². The average Bonchev–Trinajstić information content (AvgIpc) is 3.21. The van der Waals surface area contributed by atoms with E-state index in [1.165, 1.54) is 12.5 Å². The van der Waals surface area contributed by atoms with E-state index in [-0.39, 0.29) is 5.56 Å². The Morgan fingerprint density at radius 2 is 2.21 bits per heavy atom. The minimum absolute atomic E-state index is 0.0707. The fraction of sp³-hybridized carbons (Fsp3) is 0.714. The van der Waals surface area contributed by atoms with Crippen molar-refractivity contribution in [2.24, 2.45) is 0 Å². The fourth-order valence-corrected chi connectivity index (χ4v) is 1.86. The predicted octanol–water partition coefficient (Wildman–Crippen LogP) is 2.27. The van der Waals surface area contributed by atoms with Crippen LogP contribution in [0.5, 0.6) is 0 Å². The van der Waals surface area contributed by atoms with Crippen LogP contribution in [0.1, 0.15) is 50.8 Å². The quantitative estimate of drug-likeness (QED) is 0.672. The van der Waals surface area contributed by atoms with E-state index in [1.54, 1.807) is 0 Å². The van der Waals surface area contributed by atoms with Gasteiger partial charge in [0.05, 0.1) is 0 Å². The maximum Gasteiger partial charge on any atom is 0.252 e. The highest BCUT2D eigenvalue weighted by molar-refractivity contribution is 5.33. The van der Waals surface area contributed by atoms with Gasteiger partial charge in [0.25, 0.3) is 5.56 Å². The molecule has 1 aliphatic carbocycles. The highest BCUT2D eigenvalue weighted by atomic mass is 16.5. The van der Waals surface area contributed by atoms with Gasteiger partial charge in [-0.2, -0.15) is 0 Å². The molecule has 1 aromatic rings. The van der Waals surface area contributed by atoms with Crippen LogP contribution in [0, 0.1) is 0 Å². The molecule has 1 fully saturated rings. The second-order valence-corrected chi connectivity index (χ2v) is 5.04. The summed E-state index contributed by atoms with van der Waals surface area (Å²) in [6, 6.07) is 1.52. The van der Waals surface area contributed by atoms with E-state index in [9.17, 15) is 4.79 Å². The van der Waals surface area contributed by atoms with E-state index in [1.807, 2.05) is 0 Å². The van der Waals surface area contributed by atoms with Crippen LogP contribution in [0.3, 0.4) is 0 Å². The zero-order valence-electron chi connectivity index (χ0n) is 11.6. The molecule has 0 bridgehead atoms. The van der Waals surface area contributed by atoms with Crippen molar-refractivity contribution in [3.8, 4) is 0 Å². The van der Waals surface area contributed by atoms with Crippen molar-refractivity contribution in [1.29, 1.82) is 0 Å². The summed E-state index contributed by atoms with van der Waals surface area (Å²) in [4.78, 5) is 18.7. The predicted molar refractivity (Wildman–Crippen MR) is 75.7 cm³/mol. The number of hydrogen-bond donors (Lipinski definition) is 2. The first-order chi connectivity index (χ1) is 9.29. The van der Waals surface area contributed by atoms with Crippen LogP contribution in [0.4, 0.5) is 5.82 Å². The van der Waals surface area contributed by atoms with Gasteiger partial charge in [0, 0.05) is 31.7 Å². The van der Waals surface area contributed by atoms with Gasteiger partial charge in [-0.3, -0.25) is 4.79 Å². The summed E-state index contributed by atoms with van der Waals surface area (Å²) in [5.41, 5.74) is -0.0707. The molecule has 1 heterocycles. The third kappa shape index (κ3) is 5.03. The van der Waals surface area contributed by atoms with Gasteiger partial charge in [0.15, 0.2) is 0 Å². The molecule has 0 unspecified atom stereocenters. The largest absolute Gasteiger partial charge is 0.381 e. The summed E-state index contributed by atoms with van der Waals surface area (Å²) in [5, 5.41) is 3.19. The molecular formula is C14H23N3O2. The highest BCUT2D eigenvalue weighted by Gasteiger charge is 2.26. The molecule has 0 aliphatic heterocycles. The summed E-state index contributed by atoms with van der Waals surface area (Å²) < 4.78 is 5.48. The van der Waals surface area contributed by atoms with Gasteiger partial charge < -0.3 is 15.0 Å². The van der Waals surface area contributed by atoms with Gasteiger partial charge in [-0.15, -0.1) is 0 Å². The van der Waals surface area contributed by atoms with Crippen molar-refractivity contribution in [2.45, 2.75) is 44.9 Å². The van der Waals surface area contributed by atoms with Crippen LogP contribution in [-0.4, -0.2) is 29.7 Å². The van der Waals surface area contributed by atoms with Crippen LogP contribution in [-0.2, 0) is 4.74 Å². The summed E-state index contributed by atoms with van der Waals surface area (Å²) >= 11 is 0. The van der Waals surface area contributed by atoms with Gasteiger partial charge in [0.2, 0.25) is 0 Å². The molecule has 2 N–H and O–H groups in total. The van der Waals surface area contributed by atoms with Crippen LogP contribution in [0.2, 0.25) is 0 Å². The molecule has 0 spiro atoms. The van der Waals surface area contributed by atoms with Gasteiger partial charge in [0.1, 0.15) is 11.6 Å². The summed E-state index contributed by atoms with van der Waals surface area (Å²) in [6.07, 6.45) is 5.49. The molecule has 0 amide bonds. The first-order valence-electron chi connectivity index (χ1n) is 7.22. The van der Waals surface area contributed by atoms with Crippen molar-refractivity contribution in [3.05, 3.63) is 22.2 Å². The number of anilines is 1. The third-order valence-electron chi connectivity index (χ3n) is 3.14. The van der Waals surface area contributed by atoms with E-state index in [0.29, 0.717) is 11.7 Å². The maximum absolute atomic E-state index is 11.5. The first kappa shape index (κ1) is 14.1. The van der Waals surface area contributed by atoms with E-state index in [4.69, 9.17) is 4.74 Å². The standard InChI is InChI=1S/C14H23N3O2/c1-2-3-8-19-9-4-7-15-12-10-13(18)17-14(16-12)11-5-6-11/h10-11H,2-9H2,1H3,(H2,15,16,17,18). The number of rotatable bonds is 9. The van der Waals surface area contributed by atoms with Crippen molar-refractivity contribution in [1.82, 2.24) is 9.97 Å². The number of aromatic nitrogens is 2. The van der Waals surface area contributed by atoms with Gasteiger partial charge in [-0.05, 0) is 25.7 Å². The van der Waals surface area contributed by atoms with Crippen molar-refractivity contribution < 1.29 is 4.74 Å². The number of ether oxygens (including phenoxy) is 1. The Morgan fingerprint density at radius 3 is 2.95 bits per heavy atom. The Labute approximate surface area is 113 Å². The summed E-state index contributed by atoms with van der Waals surface area (Å²) in [6.45, 7) is 4.53. The first-order valence-corrected chi connectivity index (χ1v) is 7.22. The highest BCUT2D eigenvalue weighted by Crippen LogP contribution is 2.37. The van der Waals surface area contributed by atoms with E-state index < -0.39 is 0 Å². The van der Waals surface area contributed by atoms with Crippen LogP contribution < -0.4 is 10.9 Å². The molecule has 19 heavy (non-hydrogen) atoms. The molecule has 5 heteroatoms. The Bertz CT molecular complexity index is 441. The van der Waals surface area contributed by atoms with Gasteiger partial charge in [-0.1, -0.05) is 13.3 Å². The molecular weight excluding hydrogens is 242 g/mol. The minimum atomic E-state index is -0.0707. The number of aromatic amines is 1. The lowest BCUT2D eigenvalue weighted by molar-refractivity contribution is 0.131. The number of hydrogen-bond acceptors (Lipinski definition) is 4. The molecule has 0 atom stereocenters.